The third kappa shape index (κ3) is 3.74. The zero-order valence-corrected chi connectivity index (χ0v) is 14.8. The summed E-state index contributed by atoms with van der Waals surface area (Å²) < 4.78 is 11.4. The van der Waals surface area contributed by atoms with E-state index >= 15 is 0 Å². The smallest absolute Gasteiger partial charge is 0.240 e. The lowest BCUT2D eigenvalue weighted by atomic mass is 9.98. The molecule has 1 aromatic carbocycles. The Morgan fingerprint density at radius 2 is 2.12 bits per heavy atom. The van der Waals surface area contributed by atoms with E-state index in [1.165, 1.54) is 0 Å². The molecule has 0 N–H and O–H groups in total. The van der Waals surface area contributed by atoms with Gasteiger partial charge in [-0.3, -0.25) is 4.90 Å². The number of para-hydroxylation sites is 2. The molecule has 6 nitrogen and oxygen atoms in total. The van der Waals surface area contributed by atoms with E-state index in [9.17, 15) is 0 Å². The molecular formula is C19H24N4O2. The zero-order valence-electron chi connectivity index (χ0n) is 14.8. The van der Waals surface area contributed by atoms with E-state index in [1.807, 2.05) is 24.3 Å². The molecular weight excluding hydrogens is 316 g/mol. The summed E-state index contributed by atoms with van der Waals surface area (Å²) in [5.41, 5.74) is 1.80. The third-order valence-corrected chi connectivity index (χ3v) is 4.63. The van der Waals surface area contributed by atoms with Crippen molar-refractivity contribution in [1.29, 1.82) is 0 Å². The van der Waals surface area contributed by atoms with Crippen molar-refractivity contribution in [2.45, 2.75) is 45.6 Å². The van der Waals surface area contributed by atoms with Gasteiger partial charge in [-0.2, -0.15) is 4.98 Å². The fourth-order valence-corrected chi connectivity index (χ4v) is 3.46. The van der Waals surface area contributed by atoms with Gasteiger partial charge in [0.15, 0.2) is 17.3 Å². The molecule has 1 unspecified atom stereocenters. The second kappa shape index (κ2) is 6.96. The summed E-state index contributed by atoms with van der Waals surface area (Å²) >= 11 is 0. The largest absolute Gasteiger partial charge is 0.440 e. The van der Waals surface area contributed by atoms with Crippen LogP contribution in [0, 0.1) is 5.92 Å². The van der Waals surface area contributed by atoms with Crippen molar-refractivity contribution in [3.8, 4) is 0 Å². The van der Waals surface area contributed by atoms with Crippen LogP contribution in [0.25, 0.3) is 11.1 Å². The topological polar surface area (TPSA) is 68.2 Å². The Morgan fingerprint density at radius 1 is 1.24 bits per heavy atom. The molecule has 4 rings (SSSR count). The predicted octanol–water partition coefficient (Wildman–Crippen LogP) is 3.79. The van der Waals surface area contributed by atoms with Crippen LogP contribution in [0.15, 0.2) is 33.2 Å². The minimum atomic E-state index is 0.319. The number of fused-ring (bicyclic) bond motifs is 1. The highest BCUT2D eigenvalue weighted by Gasteiger charge is 2.26. The van der Waals surface area contributed by atoms with E-state index in [0.717, 1.165) is 55.2 Å². The Morgan fingerprint density at radius 3 is 2.96 bits per heavy atom. The van der Waals surface area contributed by atoms with Crippen LogP contribution in [0.4, 0.5) is 0 Å². The van der Waals surface area contributed by atoms with Crippen LogP contribution >= 0.6 is 0 Å². The van der Waals surface area contributed by atoms with Gasteiger partial charge < -0.3 is 8.94 Å². The number of nitrogens with zero attached hydrogens (tertiary/aromatic N) is 4. The number of hydrogen-bond acceptors (Lipinski definition) is 6. The molecule has 25 heavy (non-hydrogen) atoms. The van der Waals surface area contributed by atoms with Crippen LogP contribution in [-0.4, -0.2) is 33.1 Å². The molecule has 132 valence electrons. The van der Waals surface area contributed by atoms with Gasteiger partial charge in [-0.1, -0.05) is 31.1 Å². The Kier molecular flexibility index (Phi) is 4.53. The lowest BCUT2D eigenvalue weighted by Crippen LogP contribution is -2.34. The second-order valence-electron chi connectivity index (χ2n) is 7.30. The predicted molar refractivity (Wildman–Crippen MR) is 94.1 cm³/mol. The van der Waals surface area contributed by atoms with Gasteiger partial charge in [-0.05, 0) is 37.4 Å². The van der Waals surface area contributed by atoms with Crippen molar-refractivity contribution in [3.05, 3.63) is 41.9 Å². The highest BCUT2D eigenvalue weighted by Crippen LogP contribution is 2.29. The SMILES string of the molecule is CC(C)Cc1noc(CN2CCCC(c3nc4ccccc4o3)C2)n1. The summed E-state index contributed by atoms with van der Waals surface area (Å²) in [5.74, 6) is 3.20. The van der Waals surface area contributed by atoms with Crippen molar-refractivity contribution < 1.29 is 8.94 Å². The molecule has 3 aromatic rings. The van der Waals surface area contributed by atoms with Crippen LogP contribution in [-0.2, 0) is 13.0 Å². The first-order valence-electron chi connectivity index (χ1n) is 9.06. The van der Waals surface area contributed by atoms with Gasteiger partial charge in [-0.25, -0.2) is 4.98 Å². The van der Waals surface area contributed by atoms with Crippen LogP contribution in [0.3, 0.4) is 0 Å². The van der Waals surface area contributed by atoms with Gasteiger partial charge in [0, 0.05) is 18.9 Å². The van der Waals surface area contributed by atoms with Crippen LogP contribution in [0.2, 0.25) is 0 Å². The van der Waals surface area contributed by atoms with Gasteiger partial charge in [0.25, 0.3) is 0 Å². The molecule has 1 atom stereocenters. The molecule has 0 saturated carbocycles. The Balaban J connectivity index is 1.43. The van der Waals surface area contributed by atoms with E-state index < -0.39 is 0 Å². The van der Waals surface area contributed by atoms with E-state index in [4.69, 9.17) is 8.94 Å². The number of oxazole rings is 1. The normalized spacial score (nSPS) is 19.1. The Bertz CT molecular complexity index is 806. The third-order valence-electron chi connectivity index (χ3n) is 4.63. The maximum Gasteiger partial charge on any atom is 0.240 e. The molecule has 3 heterocycles. The van der Waals surface area contributed by atoms with Gasteiger partial charge in [0.2, 0.25) is 5.89 Å². The summed E-state index contributed by atoms with van der Waals surface area (Å²) in [6, 6.07) is 7.94. The average Bonchev–Trinajstić information content (AvgIpc) is 3.21. The summed E-state index contributed by atoms with van der Waals surface area (Å²) in [6.07, 6.45) is 3.08. The summed E-state index contributed by atoms with van der Waals surface area (Å²) in [4.78, 5) is 11.5. The van der Waals surface area contributed by atoms with Crippen molar-refractivity contribution in [3.63, 3.8) is 0 Å². The molecule has 0 spiro atoms. The zero-order chi connectivity index (χ0) is 17.2. The molecule has 1 aliphatic rings. The first-order valence-corrected chi connectivity index (χ1v) is 9.06. The van der Waals surface area contributed by atoms with Crippen molar-refractivity contribution >= 4 is 11.1 Å². The number of benzene rings is 1. The fourth-order valence-electron chi connectivity index (χ4n) is 3.46. The maximum absolute atomic E-state index is 5.96. The van der Waals surface area contributed by atoms with Crippen molar-refractivity contribution in [2.24, 2.45) is 5.92 Å². The summed E-state index contributed by atoms with van der Waals surface area (Å²) in [6.45, 7) is 6.96. The molecule has 0 amide bonds. The minimum absolute atomic E-state index is 0.319. The minimum Gasteiger partial charge on any atom is -0.440 e. The van der Waals surface area contributed by atoms with Gasteiger partial charge in [0.05, 0.1) is 6.54 Å². The number of rotatable bonds is 5. The molecule has 0 bridgehead atoms. The fraction of sp³-hybridized carbons (Fsp3) is 0.526. The first-order chi connectivity index (χ1) is 12.2. The molecule has 2 aromatic heterocycles. The van der Waals surface area contributed by atoms with Crippen molar-refractivity contribution in [2.75, 3.05) is 13.1 Å². The molecule has 1 aliphatic heterocycles. The number of aromatic nitrogens is 3. The Hall–Kier alpha value is -2.21. The molecule has 0 aliphatic carbocycles. The van der Waals surface area contributed by atoms with Crippen LogP contribution < -0.4 is 0 Å². The second-order valence-corrected chi connectivity index (χ2v) is 7.30. The van der Waals surface area contributed by atoms with E-state index in [-0.39, 0.29) is 0 Å². The van der Waals surface area contributed by atoms with Crippen LogP contribution in [0.5, 0.6) is 0 Å². The summed E-state index contributed by atoms with van der Waals surface area (Å²) in [5, 5.41) is 4.08. The summed E-state index contributed by atoms with van der Waals surface area (Å²) in [7, 11) is 0. The van der Waals surface area contributed by atoms with E-state index in [1.54, 1.807) is 0 Å². The Labute approximate surface area is 147 Å². The van der Waals surface area contributed by atoms with E-state index in [2.05, 4.69) is 33.9 Å². The lowest BCUT2D eigenvalue weighted by molar-refractivity contribution is 0.167. The number of piperidine rings is 1. The number of hydrogen-bond donors (Lipinski definition) is 0. The monoisotopic (exact) mass is 340 g/mol. The van der Waals surface area contributed by atoms with Gasteiger partial charge in [-0.15, -0.1) is 0 Å². The quantitative estimate of drug-likeness (QED) is 0.704. The highest BCUT2D eigenvalue weighted by molar-refractivity contribution is 5.72. The van der Waals surface area contributed by atoms with Gasteiger partial charge >= 0.3 is 0 Å². The maximum atomic E-state index is 5.96. The molecule has 0 radical (unpaired) electrons. The van der Waals surface area contributed by atoms with Crippen molar-refractivity contribution in [1.82, 2.24) is 20.0 Å². The standard InChI is InChI=1S/C19H24N4O2/c1-13(2)10-17-21-18(25-22-17)12-23-9-5-6-14(11-23)19-20-15-7-3-4-8-16(15)24-19/h3-4,7-8,13-14H,5-6,9-12H2,1-2H3. The average molecular weight is 340 g/mol. The first kappa shape index (κ1) is 16.3. The molecule has 1 saturated heterocycles. The van der Waals surface area contributed by atoms with E-state index in [0.29, 0.717) is 24.3 Å². The van der Waals surface area contributed by atoms with Gasteiger partial charge in [0.1, 0.15) is 5.52 Å². The molecule has 6 heteroatoms. The molecule has 1 fully saturated rings. The highest BCUT2D eigenvalue weighted by atomic mass is 16.5. The van der Waals surface area contributed by atoms with Crippen LogP contribution in [0.1, 0.15) is 50.2 Å². The lowest BCUT2D eigenvalue weighted by Gasteiger charge is -2.29. The number of likely N-dealkylation sites (tertiary alicyclic amines) is 1.